The zero-order chi connectivity index (χ0) is 17.2. The summed E-state index contributed by atoms with van der Waals surface area (Å²) >= 11 is 1.74. The van der Waals surface area contributed by atoms with Gasteiger partial charge >= 0.3 is 0 Å². The molecule has 4 rings (SSSR count). The first-order valence-electron chi connectivity index (χ1n) is 8.50. The predicted molar refractivity (Wildman–Crippen MR) is 106 cm³/mol. The van der Waals surface area contributed by atoms with E-state index in [0.29, 0.717) is 11.6 Å². The minimum absolute atomic E-state index is 0. The number of piperazine rings is 1. The molecule has 0 radical (unpaired) electrons. The third-order valence-corrected chi connectivity index (χ3v) is 5.68. The normalized spacial score (nSPS) is 19.4. The van der Waals surface area contributed by atoms with Gasteiger partial charge in [-0.3, -0.25) is 4.90 Å². The standard InChI is InChI=1S/C17H22N6OS.ClH/c1-11(16-19-12-5-3-4-6-13(12)20-16)25-10-15-21-17(22-24-15)14-9-18-7-8-23(14)2;/h3-6,11,14,18H,7-10H2,1-2H3,(H,19,20);1H. The lowest BCUT2D eigenvalue weighted by atomic mass is 10.2. The molecule has 0 amide bonds. The predicted octanol–water partition coefficient (Wildman–Crippen LogP) is 2.94. The third-order valence-electron chi connectivity index (χ3n) is 4.54. The van der Waals surface area contributed by atoms with Gasteiger partial charge in [-0.15, -0.1) is 24.2 Å². The first-order valence-corrected chi connectivity index (χ1v) is 9.55. The van der Waals surface area contributed by atoms with E-state index < -0.39 is 0 Å². The van der Waals surface area contributed by atoms with E-state index in [0.717, 1.165) is 42.3 Å². The number of fused-ring (bicyclic) bond motifs is 1. The summed E-state index contributed by atoms with van der Waals surface area (Å²) in [6, 6.07) is 8.26. The van der Waals surface area contributed by atoms with Crippen LogP contribution in [0.1, 0.15) is 35.8 Å². The van der Waals surface area contributed by atoms with Crippen molar-refractivity contribution in [1.29, 1.82) is 0 Å². The van der Waals surface area contributed by atoms with Crippen LogP contribution in [-0.2, 0) is 5.75 Å². The summed E-state index contributed by atoms with van der Waals surface area (Å²) in [5.74, 6) is 3.08. The van der Waals surface area contributed by atoms with Crippen molar-refractivity contribution in [3.05, 3.63) is 41.8 Å². The Morgan fingerprint density at radius 3 is 3.00 bits per heavy atom. The molecule has 1 aliphatic heterocycles. The average Bonchev–Trinajstić information content (AvgIpc) is 3.27. The number of likely N-dealkylation sites (N-methyl/N-ethyl adjacent to an activating group) is 1. The molecule has 1 aromatic carbocycles. The maximum Gasteiger partial charge on any atom is 0.236 e. The minimum Gasteiger partial charge on any atom is -0.341 e. The summed E-state index contributed by atoms with van der Waals surface area (Å²) in [7, 11) is 2.10. The van der Waals surface area contributed by atoms with E-state index in [2.05, 4.69) is 44.3 Å². The van der Waals surface area contributed by atoms with E-state index in [4.69, 9.17) is 4.52 Å². The van der Waals surface area contributed by atoms with Gasteiger partial charge in [0.2, 0.25) is 5.89 Å². The molecule has 2 atom stereocenters. The number of imidazole rings is 1. The number of nitrogens with one attached hydrogen (secondary N) is 2. The van der Waals surface area contributed by atoms with Crippen LogP contribution in [0.4, 0.5) is 0 Å². The highest BCUT2D eigenvalue weighted by Crippen LogP contribution is 2.30. The van der Waals surface area contributed by atoms with Crippen molar-refractivity contribution in [2.45, 2.75) is 24.0 Å². The van der Waals surface area contributed by atoms with Gasteiger partial charge < -0.3 is 14.8 Å². The smallest absolute Gasteiger partial charge is 0.236 e. The molecule has 2 unspecified atom stereocenters. The molecule has 2 aromatic heterocycles. The molecule has 140 valence electrons. The van der Waals surface area contributed by atoms with Gasteiger partial charge in [0.05, 0.1) is 28.1 Å². The Bertz CT molecular complexity index is 820. The first-order chi connectivity index (χ1) is 12.2. The van der Waals surface area contributed by atoms with Crippen LogP contribution in [0, 0.1) is 0 Å². The highest BCUT2D eigenvalue weighted by atomic mass is 35.5. The number of rotatable bonds is 5. The average molecular weight is 395 g/mol. The van der Waals surface area contributed by atoms with Gasteiger partial charge in [-0.1, -0.05) is 17.3 Å². The van der Waals surface area contributed by atoms with Gasteiger partial charge in [0.15, 0.2) is 5.82 Å². The zero-order valence-corrected chi connectivity index (χ0v) is 16.4. The van der Waals surface area contributed by atoms with Crippen molar-refractivity contribution in [2.75, 3.05) is 26.7 Å². The van der Waals surface area contributed by atoms with Crippen LogP contribution in [0.2, 0.25) is 0 Å². The van der Waals surface area contributed by atoms with Crippen LogP contribution in [0.25, 0.3) is 11.0 Å². The number of aromatic nitrogens is 4. The van der Waals surface area contributed by atoms with Gasteiger partial charge in [-0.2, -0.15) is 4.98 Å². The van der Waals surface area contributed by atoms with E-state index >= 15 is 0 Å². The van der Waals surface area contributed by atoms with Gasteiger partial charge in [0, 0.05) is 19.6 Å². The summed E-state index contributed by atoms with van der Waals surface area (Å²) < 4.78 is 5.44. The Morgan fingerprint density at radius 1 is 1.35 bits per heavy atom. The van der Waals surface area contributed by atoms with Gasteiger partial charge in [-0.05, 0) is 26.1 Å². The fraction of sp³-hybridized carbons (Fsp3) is 0.471. The van der Waals surface area contributed by atoms with Crippen molar-refractivity contribution < 1.29 is 4.52 Å². The Balaban J connectivity index is 0.00000196. The Hall–Kier alpha value is -1.61. The van der Waals surface area contributed by atoms with Crippen molar-refractivity contribution in [3.8, 4) is 0 Å². The summed E-state index contributed by atoms with van der Waals surface area (Å²) in [6.45, 7) is 4.99. The third kappa shape index (κ3) is 4.03. The molecule has 0 bridgehead atoms. The lowest BCUT2D eigenvalue weighted by molar-refractivity contribution is 0.190. The first kappa shape index (κ1) is 19.2. The Morgan fingerprint density at radius 2 is 2.19 bits per heavy atom. The molecule has 1 saturated heterocycles. The topological polar surface area (TPSA) is 82.9 Å². The molecule has 0 aliphatic carbocycles. The minimum atomic E-state index is 0. The van der Waals surface area contributed by atoms with E-state index in [9.17, 15) is 0 Å². The largest absolute Gasteiger partial charge is 0.341 e. The molecule has 3 aromatic rings. The maximum atomic E-state index is 5.44. The molecule has 9 heteroatoms. The number of aromatic amines is 1. The van der Waals surface area contributed by atoms with Crippen molar-refractivity contribution in [1.82, 2.24) is 30.3 Å². The number of benzene rings is 1. The quantitative estimate of drug-likeness (QED) is 0.688. The fourth-order valence-corrected chi connectivity index (χ4v) is 3.78. The van der Waals surface area contributed by atoms with E-state index in [1.807, 2.05) is 24.3 Å². The molecule has 7 nitrogen and oxygen atoms in total. The van der Waals surface area contributed by atoms with Crippen molar-refractivity contribution in [3.63, 3.8) is 0 Å². The number of nitrogens with zero attached hydrogens (tertiary/aromatic N) is 4. The van der Waals surface area contributed by atoms with E-state index in [1.54, 1.807) is 11.8 Å². The van der Waals surface area contributed by atoms with E-state index in [1.165, 1.54) is 0 Å². The number of thioether (sulfide) groups is 1. The summed E-state index contributed by atoms with van der Waals surface area (Å²) in [5, 5.41) is 7.77. The lowest BCUT2D eigenvalue weighted by Crippen LogP contribution is -2.44. The van der Waals surface area contributed by atoms with Crippen LogP contribution in [0.3, 0.4) is 0 Å². The molecule has 3 heterocycles. The number of para-hydroxylation sites is 2. The second-order valence-electron chi connectivity index (χ2n) is 6.34. The zero-order valence-electron chi connectivity index (χ0n) is 14.8. The summed E-state index contributed by atoms with van der Waals surface area (Å²) in [4.78, 5) is 14.9. The lowest BCUT2D eigenvalue weighted by Gasteiger charge is -2.30. The molecule has 1 aliphatic rings. The monoisotopic (exact) mass is 394 g/mol. The number of halogens is 1. The van der Waals surface area contributed by atoms with E-state index in [-0.39, 0.29) is 23.7 Å². The fourth-order valence-electron chi connectivity index (χ4n) is 3.00. The highest BCUT2D eigenvalue weighted by Gasteiger charge is 2.25. The number of hydrogen-bond donors (Lipinski definition) is 2. The van der Waals surface area contributed by atoms with Crippen LogP contribution in [0.5, 0.6) is 0 Å². The Labute approximate surface area is 162 Å². The number of H-pyrrole nitrogens is 1. The molecule has 0 saturated carbocycles. The molecular formula is C17H23ClN6OS. The second kappa shape index (κ2) is 8.39. The highest BCUT2D eigenvalue weighted by molar-refractivity contribution is 7.98. The van der Waals surface area contributed by atoms with Gasteiger partial charge in [-0.25, -0.2) is 4.98 Å². The van der Waals surface area contributed by atoms with Gasteiger partial charge in [0.25, 0.3) is 0 Å². The van der Waals surface area contributed by atoms with Crippen molar-refractivity contribution in [2.24, 2.45) is 0 Å². The van der Waals surface area contributed by atoms with Crippen LogP contribution in [0.15, 0.2) is 28.8 Å². The Kier molecular flexibility index (Phi) is 6.18. The summed E-state index contributed by atoms with van der Waals surface area (Å²) in [5.41, 5.74) is 2.07. The molecule has 0 spiro atoms. The van der Waals surface area contributed by atoms with Gasteiger partial charge in [0.1, 0.15) is 5.82 Å². The molecule has 1 fully saturated rings. The van der Waals surface area contributed by atoms with Crippen molar-refractivity contribution >= 4 is 35.2 Å². The maximum absolute atomic E-state index is 5.44. The molecule has 26 heavy (non-hydrogen) atoms. The second-order valence-corrected chi connectivity index (χ2v) is 7.67. The number of hydrogen-bond acceptors (Lipinski definition) is 7. The van der Waals surface area contributed by atoms with Crippen LogP contribution >= 0.6 is 24.2 Å². The van der Waals surface area contributed by atoms with Crippen LogP contribution in [-0.4, -0.2) is 51.7 Å². The SMILES string of the molecule is CC(SCc1nc(C2CNCCN2C)no1)c1nc2ccccc2[nH]1.Cl. The summed E-state index contributed by atoms with van der Waals surface area (Å²) in [6.07, 6.45) is 0. The molecular weight excluding hydrogens is 372 g/mol. The molecule has 2 N–H and O–H groups in total. The van der Waals surface area contributed by atoms with Crippen LogP contribution < -0.4 is 5.32 Å².